The van der Waals surface area contributed by atoms with Crippen molar-refractivity contribution >= 4 is 17.5 Å². The van der Waals surface area contributed by atoms with Crippen LogP contribution in [0.5, 0.6) is 5.75 Å². The number of benzene rings is 1. The van der Waals surface area contributed by atoms with Gasteiger partial charge in [-0.2, -0.15) is 0 Å². The van der Waals surface area contributed by atoms with E-state index in [-0.39, 0.29) is 18.8 Å². The van der Waals surface area contributed by atoms with Crippen molar-refractivity contribution in [2.75, 3.05) is 57.9 Å². The van der Waals surface area contributed by atoms with E-state index >= 15 is 0 Å². The molecule has 0 radical (unpaired) electrons. The predicted molar refractivity (Wildman–Crippen MR) is 94.7 cm³/mol. The van der Waals surface area contributed by atoms with Crippen LogP contribution in [-0.4, -0.2) is 79.3 Å². The van der Waals surface area contributed by atoms with Gasteiger partial charge in [-0.25, -0.2) is 0 Å². The zero-order chi connectivity index (χ0) is 18.4. The van der Waals surface area contributed by atoms with Gasteiger partial charge in [0.05, 0.1) is 26.4 Å². The predicted octanol–water partition coefficient (Wildman–Crippen LogP) is 0.0545. The average Bonchev–Trinajstić information content (AvgIpc) is 2.91. The lowest BCUT2D eigenvalue weighted by Crippen LogP contribution is -2.38. The number of imide groups is 1. The maximum absolute atomic E-state index is 12.2. The van der Waals surface area contributed by atoms with Gasteiger partial charge < -0.3 is 19.9 Å². The highest BCUT2D eigenvalue weighted by Gasteiger charge is 2.30. The Bertz CT molecular complexity index is 685. The highest BCUT2D eigenvalue weighted by Crippen LogP contribution is 2.21. The van der Waals surface area contributed by atoms with Gasteiger partial charge in [-0.05, 0) is 12.1 Å². The molecule has 140 valence electrons. The zero-order valence-electron chi connectivity index (χ0n) is 14.5. The van der Waals surface area contributed by atoms with Crippen molar-refractivity contribution in [1.29, 1.82) is 0 Å². The zero-order valence-corrected chi connectivity index (χ0v) is 14.5. The Morgan fingerprint density at radius 1 is 1.19 bits per heavy atom. The third kappa shape index (κ3) is 4.60. The standard InChI is InChI=1S/C18H23N3O5/c22-8-4-21-17(23)13-16(18(21)24)19-14-2-1-3-15(12-14)26-11-7-20-5-9-25-10-6-20/h1-3,12-13,19,22H,4-11H2. The number of amides is 2. The fourth-order valence-electron chi connectivity index (χ4n) is 2.85. The van der Waals surface area contributed by atoms with Crippen molar-refractivity contribution in [1.82, 2.24) is 9.80 Å². The number of morpholine rings is 1. The molecule has 1 aromatic carbocycles. The van der Waals surface area contributed by atoms with Gasteiger partial charge in [0.15, 0.2) is 0 Å². The molecule has 1 fully saturated rings. The monoisotopic (exact) mass is 361 g/mol. The number of carbonyl (C=O) groups is 2. The summed E-state index contributed by atoms with van der Waals surface area (Å²) in [6.07, 6.45) is 1.24. The molecule has 0 saturated carbocycles. The van der Waals surface area contributed by atoms with Crippen LogP contribution in [0.25, 0.3) is 0 Å². The van der Waals surface area contributed by atoms with Crippen molar-refractivity contribution in [2.45, 2.75) is 0 Å². The van der Waals surface area contributed by atoms with Gasteiger partial charge >= 0.3 is 0 Å². The number of hydrogen-bond acceptors (Lipinski definition) is 7. The molecular weight excluding hydrogens is 338 g/mol. The molecular formula is C18H23N3O5. The number of carbonyl (C=O) groups excluding carboxylic acids is 2. The first-order valence-corrected chi connectivity index (χ1v) is 8.66. The summed E-state index contributed by atoms with van der Waals surface area (Å²) in [6.45, 7) is 4.47. The average molecular weight is 361 g/mol. The fraction of sp³-hybridized carbons (Fsp3) is 0.444. The van der Waals surface area contributed by atoms with Crippen LogP contribution < -0.4 is 10.1 Å². The third-order valence-corrected chi connectivity index (χ3v) is 4.23. The van der Waals surface area contributed by atoms with Crippen LogP contribution in [0, 0.1) is 0 Å². The van der Waals surface area contributed by atoms with Gasteiger partial charge in [-0.1, -0.05) is 6.07 Å². The van der Waals surface area contributed by atoms with Crippen molar-refractivity contribution in [3.8, 4) is 5.75 Å². The second-order valence-electron chi connectivity index (χ2n) is 6.03. The second-order valence-corrected chi connectivity index (χ2v) is 6.03. The molecule has 0 spiro atoms. The molecule has 0 unspecified atom stereocenters. The Morgan fingerprint density at radius 2 is 2.00 bits per heavy atom. The SMILES string of the molecule is O=C1C=C(Nc2cccc(OCCN3CCOCC3)c2)C(=O)N1CCO. The van der Waals surface area contributed by atoms with Crippen LogP contribution in [0.3, 0.4) is 0 Å². The lowest BCUT2D eigenvalue weighted by molar-refractivity contribution is -0.137. The number of nitrogens with one attached hydrogen (secondary N) is 1. The molecule has 3 rings (SSSR count). The molecule has 2 aliphatic heterocycles. The number of nitrogens with zero attached hydrogens (tertiary/aromatic N) is 2. The van der Waals surface area contributed by atoms with Crippen LogP contribution in [0.15, 0.2) is 36.0 Å². The van der Waals surface area contributed by atoms with E-state index in [4.69, 9.17) is 14.6 Å². The van der Waals surface area contributed by atoms with E-state index in [1.165, 1.54) is 6.08 Å². The Labute approximate surface area is 152 Å². The summed E-state index contributed by atoms with van der Waals surface area (Å²) in [5, 5.41) is 11.9. The van der Waals surface area contributed by atoms with Crippen LogP contribution >= 0.6 is 0 Å². The minimum absolute atomic E-state index is 0.00988. The number of aliphatic hydroxyl groups excluding tert-OH is 1. The number of aliphatic hydroxyl groups is 1. The smallest absolute Gasteiger partial charge is 0.277 e. The van der Waals surface area contributed by atoms with Gasteiger partial charge in [0, 0.05) is 37.5 Å². The molecule has 0 atom stereocenters. The van der Waals surface area contributed by atoms with E-state index in [2.05, 4.69) is 10.2 Å². The van der Waals surface area contributed by atoms with E-state index in [1.54, 1.807) is 12.1 Å². The van der Waals surface area contributed by atoms with Crippen LogP contribution in [-0.2, 0) is 14.3 Å². The maximum Gasteiger partial charge on any atom is 0.277 e. The number of β-amino-alcohol motifs (C(OH)–C–C–N with tert-alkyl or cyclic N) is 1. The molecule has 1 saturated heterocycles. The first-order chi connectivity index (χ1) is 12.7. The molecule has 2 heterocycles. The van der Waals surface area contributed by atoms with Crippen LogP contribution in [0.4, 0.5) is 5.69 Å². The Hall–Kier alpha value is -2.42. The normalized spacial score (nSPS) is 18.2. The van der Waals surface area contributed by atoms with E-state index in [1.807, 2.05) is 12.1 Å². The molecule has 26 heavy (non-hydrogen) atoms. The fourth-order valence-corrected chi connectivity index (χ4v) is 2.85. The van der Waals surface area contributed by atoms with Crippen molar-refractivity contribution in [3.63, 3.8) is 0 Å². The van der Waals surface area contributed by atoms with Gasteiger partial charge in [-0.3, -0.25) is 19.4 Å². The summed E-state index contributed by atoms with van der Waals surface area (Å²) in [5.41, 5.74) is 0.848. The quantitative estimate of drug-likeness (QED) is 0.633. The number of hydrogen-bond donors (Lipinski definition) is 2. The lowest BCUT2D eigenvalue weighted by atomic mass is 10.3. The van der Waals surface area contributed by atoms with Gasteiger partial charge in [-0.15, -0.1) is 0 Å². The first kappa shape index (κ1) is 18.4. The van der Waals surface area contributed by atoms with E-state index < -0.39 is 11.8 Å². The van der Waals surface area contributed by atoms with Crippen LogP contribution in [0.1, 0.15) is 0 Å². The number of ether oxygens (including phenoxy) is 2. The summed E-state index contributed by atoms with van der Waals surface area (Å²) in [6, 6.07) is 7.24. The third-order valence-electron chi connectivity index (χ3n) is 4.23. The van der Waals surface area contributed by atoms with E-state index in [0.717, 1.165) is 37.7 Å². The molecule has 0 aliphatic carbocycles. The first-order valence-electron chi connectivity index (χ1n) is 8.66. The largest absolute Gasteiger partial charge is 0.492 e. The highest BCUT2D eigenvalue weighted by atomic mass is 16.5. The lowest BCUT2D eigenvalue weighted by Gasteiger charge is -2.26. The highest BCUT2D eigenvalue weighted by molar-refractivity contribution is 6.17. The second kappa shape index (κ2) is 8.79. The molecule has 2 amide bonds. The molecule has 1 aromatic rings. The van der Waals surface area contributed by atoms with Gasteiger partial charge in [0.1, 0.15) is 18.1 Å². The summed E-state index contributed by atoms with van der Waals surface area (Å²) >= 11 is 0. The van der Waals surface area contributed by atoms with Crippen molar-refractivity contribution in [3.05, 3.63) is 36.0 Å². The topological polar surface area (TPSA) is 91.3 Å². The summed E-state index contributed by atoms with van der Waals surface area (Å²) < 4.78 is 11.1. The molecule has 0 bridgehead atoms. The maximum atomic E-state index is 12.2. The van der Waals surface area contributed by atoms with Gasteiger partial charge in [0.2, 0.25) is 0 Å². The Kier molecular flexibility index (Phi) is 6.21. The van der Waals surface area contributed by atoms with E-state index in [9.17, 15) is 9.59 Å². The summed E-state index contributed by atoms with van der Waals surface area (Å²) in [4.78, 5) is 27.2. The summed E-state index contributed by atoms with van der Waals surface area (Å²) in [7, 11) is 0. The Morgan fingerprint density at radius 3 is 2.77 bits per heavy atom. The molecule has 2 N–H and O–H groups in total. The van der Waals surface area contributed by atoms with Crippen molar-refractivity contribution in [2.24, 2.45) is 0 Å². The molecule has 8 nitrogen and oxygen atoms in total. The minimum Gasteiger partial charge on any atom is -0.492 e. The van der Waals surface area contributed by atoms with E-state index in [0.29, 0.717) is 18.0 Å². The van der Waals surface area contributed by atoms with Gasteiger partial charge in [0.25, 0.3) is 11.8 Å². The number of anilines is 1. The molecule has 0 aromatic heterocycles. The minimum atomic E-state index is -0.442. The van der Waals surface area contributed by atoms with Crippen molar-refractivity contribution < 1.29 is 24.2 Å². The Balaban J connectivity index is 1.53. The number of rotatable bonds is 8. The van der Waals surface area contributed by atoms with Crippen LogP contribution in [0.2, 0.25) is 0 Å². The molecule has 2 aliphatic rings. The molecule has 8 heteroatoms. The summed E-state index contributed by atoms with van der Waals surface area (Å²) in [5.74, 6) is -0.181.